The number of sulfonamides is 1. The summed E-state index contributed by atoms with van der Waals surface area (Å²) in [5, 5.41) is 1.04. The van der Waals surface area contributed by atoms with Crippen molar-refractivity contribution in [3.8, 4) is 0 Å². The second-order valence-electron chi connectivity index (χ2n) is 6.94. The van der Waals surface area contributed by atoms with E-state index >= 15 is 0 Å². The van der Waals surface area contributed by atoms with Crippen LogP contribution in [0, 0.1) is 0 Å². The Kier molecular flexibility index (Phi) is 4.04. The number of aryl methyl sites for hydroxylation is 1. The van der Waals surface area contributed by atoms with Crippen molar-refractivity contribution >= 4 is 21.1 Å². The number of imidazole rings is 1. The van der Waals surface area contributed by atoms with Crippen LogP contribution in [0.25, 0.3) is 11.0 Å². The van der Waals surface area contributed by atoms with Crippen molar-refractivity contribution in [1.82, 2.24) is 23.8 Å². The lowest BCUT2D eigenvalue weighted by Gasteiger charge is -2.26. The molecule has 0 atom stereocenters. The van der Waals surface area contributed by atoms with Crippen molar-refractivity contribution in [2.75, 3.05) is 6.54 Å². The van der Waals surface area contributed by atoms with E-state index in [0.29, 0.717) is 25.2 Å². The van der Waals surface area contributed by atoms with Crippen molar-refractivity contribution in [3.63, 3.8) is 0 Å². The molecule has 0 N–H and O–H groups in total. The minimum atomic E-state index is -3.64. The third-order valence-corrected chi connectivity index (χ3v) is 6.43. The van der Waals surface area contributed by atoms with Gasteiger partial charge in [0.1, 0.15) is 5.82 Å². The average Bonchev–Trinajstić information content (AvgIpc) is 3.02. The maximum atomic E-state index is 13.1. The van der Waals surface area contributed by atoms with Gasteiger partial charge in [-0.05, 0) is 23.8 Å². The molecular weight excluding hydrogens is 350 g/mol. The van der Waals surface area contributed by atoms with Gasteiger partial charge in [0.05, 0.1) is 0 Å². The number of nitrogens with zero attached hydrogens (tertiary/aromatic N) is 5. The molecule has 1 aliphatic rings. The first-order valence-corrected chi connectivity index (χ1v) is 10.1. The molecule has 0 unspecified atom stereocenters. The Balaban J connectivity index is 1.69. The van der Waals surface area contributed by atoms with Gasteiger partial charge >= 0.3 is 0 Å². The fourth-order valence-corrected chi connectivity index (χ4v) is 4.80. The molecule has 4 rings (SSSR count). The van der Waals surface area contributed by atoms with Gasteiger partial charge in [0, 0.05) is 55.9 Å². The van der Waals surface area contributed by atoms with Crippen molar-refractivity contribution in [1.29, 1.82) is 0 Å². The average molecular weight is 371 g/mol. The zero-order valence-corrected chi connectivity index (χ0v) is 15.9. The van der Waals surface area contributed by atoms with E-state index in [2.05, 4.69) is 15.0 Å². The molecule has 0 fully saturated rings. The lowest BCUT2D eigenvalue weighted by atomic mass is 10.1. The summed E-state index contributed by atoms with van der Waals surface area (Å²) in [5.74, 6) is 0.925. The number of rotatable bonds is 3. The highest BCUT2D eigenvalue weighted by molar-refractivity contribution is 7.89. The SMILES string of the molecule is CC(C)c1nc(S(=O)(=O)N2CCc3nc4ncccc4cc3C2)cn1C. The first-order valence-electron chi connectivity index (χ1n) is 8.63. The molecule has 26 heavy (non-hydrogen) atoms. The third-order valence-electron chi connectivity index (χ3n) is 4.71. The van der Waals surface area contributed by atoms with E-state index in [4.69, 9.17) is 0 Å². The summed E-state index contributed by atoms with van der Waals surface area (Å²) >= 11 is 0. The minimum absolute atomic E-state index is 0.113. The summed E-state index contributed by atoms with van der Waals surface area (Å²) in [5.41, 5.74) is 2.56. The van der Waals surface area contributed by atoms with Crippen molar-refractivity contribution in [2.24, 2.45) is 7.05 Å². The maximum Gasteiger partial charge on any atom is 0.262 e. The Hall–Kier alpha value is -2.32. The molecule has 3 aromatic heterocycles. The highest BCUT2D eigenvalue weighted by Gasteiger charge is 2.31. The van der Waals surface area contributed by atoms with E-state index in [0.717, 1.165) is 22.5 Å². The number of aromatic nitrogens is 4. The summed E-state index contributed by atoms with van der Waals surface area (Å²) in [6, 6.07) is 5.79. The summed E-state index contributed by atoms with van der Waals surface area (Å²) in [6.45, 7) is 4.71. The van der Waals surface area contributed by atoms with Gasteiger partial charge in [-0.15, -0.1) is 0 Å². The van der Waals surface area contributed by atoms with E-state index in [9.17, 15) is 8.42 Å². The zero-order valence-electron chi connectivity index (χ0n) is 15.0. The van der Waals surface area contributed by atoms with Gasteiger partial charge in [-0.1, -0.05) is 13.8 Å². The zero-order chi connectivity index (χ0) is 18.5. The molecule has 136 valence electrons. The van der Waals surface area contributed by atoms with Crippen LogP contribution in [0.1, 0.15) is 36.8 Å². The van der Waals surface area contributed by atoms with E-state index in [1.54, 1.807) is 17.0 Å². The molecule has 7 nitrogen and oxygen atoms in total. The molecule has 0 spiro atoms. The molecule has 0 saturated heterocycles. The third kappa shape index (κ3) is 2.79. The molecule has 1 aliphatic heterocycles. The van der Waals surface area contributed by atoms with Gasteiger partial charge in [0.25, 0.3) is 10.0 Å². The van der Waals surface area contributed by atoms with Crippen LogP contribution in [0.4, 0.5) is 0 Å². The van der Waals surface area contributed by atoms with Gasteiger partial charge in [-0.25, -0.2) is 23.4 Å². The smallest absolute Gasteiger partial charge is 0.262 e. The highest BCUT2D eigenvalue weighted by Crippen LogP contribution is 2.26. The maximum absolute atomic E-state index is 13.1. The lowest BCUT2D eigenvalue weighted by Crippen LogP contribution is -2.36. The van der Waals surface area contributed by atoms with Crippen LogP contribution in [0.15, 0.2) is 35.6 Å². The molecular formula is C18H21N5O2S. The first-order chi connectivity index (χ1) is 12.4. The highest BCUT2D eigenvalue weighted by atomic mass is 32.2. The fraction of sp³-hybridized carbons (Fsp3) is 0.389. The Morgan fingerprint density at radius 2 is 2.04 bits per heavy atom. The van der Waals surface area contributed by atoms with Crippen molar-refractivity contribution < 1.29 is 8.42 Å². The molecule has 0 aromatic carbocycles. The second-order valence-corrected chi connectivity index (χ2v) is 8.82. The normalized spacial score (nSPS) is 15.5. The standard InChI is InChI=1S/C18H21N5O2S/c1-12(2)18-21-16(11-22(18)3)26(24,25)23-8-6-15-14(10-23)9-13-5-4-7-19-17(13)20-15/h4-5,7,9,11-12H,6,8,10H2,1-3H3. The molecule has 3 aromatic rings. The molecule has 0 aliphatic carbocycles. The Labute approximate surface area is 152 Å². The number of pyridine rings is 2. The van der Waals surface area contributed by atoms with Crippen LogP contribution in [-0.4, -0.2) is 38.8 Å². The van der Waals surface area contributed by atoms with Gasteiger partial charge in [-0.3, -0.25) is 0 Å². The quantitative estimate of drug-likeness (QED) is 0.705. The van der Waals surface area contributed by atoms with Crippen molar-refractivity contribution in [2.45, 2.75) is 37.8 Å². The minimum Gasteiger partial charge on any atom is -0.336 e. The van der Waals surface area contributed by atoms with Gasteiger partial charge in [0.2, 0.25) is 0 Å². The van der Waals surface area contributed by atoms with E-state index in [1.807, 2.05) is 39.1 Å². The predicted octanol–water partition coefficient (Wildman–Crippen LogP) is 2.23. The monoisotopic (exact) mass is 371 g/mol. The topological polar surface area (TPSA) is 81.0 Å². The summed E-state index contributed by atoms with van der Waals surface area (Å²) in [4.78, 5) is 13.2. The number of hydrogen-bond donors (Lipinski definition) is 0. The lowest BCUT2D eigenvalue weighted by molar-refractivity contribution is 0.387. The Morgan fingerprint density at radius 3 is 2.77 bits per heavy atom. The van der Waals surface area contributed by atoms with Crippen LogP contribution in [0.5, 0.6) is 0 Å². The largest absolute Gasteiger partial charge is 0.336 e. The second kappa shape index (κ2) is 6.14. The summed E-state index contributed by atoms with van der Waals surface area (Å²) in [6.07, 6.45) is 3.89. The van der Waals surface area contributed by atoms with Crippen molar-refractivity contribution in [3.05, 3.63) is 47.7 Å². The summed E-state index contributed by atoms with van der Waals surface area (Å²) in [7, 11) is -1.81. The van der Waals surface area contributed by atoms with Gasteiger partial charge < -0.3 is 4.57 Å². The van der Waals surface area contributed by atoms with E-state index in [1.165, 1.54) is 4.31 Å². The molecule has 0 radical (unpaired) electrons. The molecule has 8 heteroatoms. The van der Waals surface area contributed by atoms with Crippen LogP contribution in [-0.2, 0) is 30.0 Å². The van der Waals surface area contributed by atoms with Crippen LogP contribution in [0.3, 0.4) is 0 Å². The van der Waals surface area contributed by atoms with Gasteiger partial charge in [-0.2, -0.15) is 4.31 Å². The van der Waals surface area contributed by atoms with E-state index in [-0.39, 0.29) is 10.9 Å². The van der Waals surface area contributed by atoms with E-state index < -0.39 is 10.0 Å². The fourth-order valence-electron chi connectivity index (χ4n) is 3.39. The first kappa shape index (κ1) is 17.1. The molecule has 4 heterocycles. The predicted molar refractivity (Wildman–Crippen MR) is 98.1 cm³/mol. The number of hydrogen-bond acceptors (Lipinski definition) is 5. The molecule has 0 amide bonds. The van der Waals surface area contributed by atoms with Crippen LogP contribution in [0.2, 0.25) is 0 Å². The number of fused-ring (bicyclic) bond motifs is 2. The summed E-state index contributed by atoms with van der Waals surface area (Å²) < 4.78 is 29.4. The Morgan fingerprint density at radius 1 is 1.23 bits per heavy atom. The molecule has 0 saturated carbocycles. The Bertz CT molecular complexity index is 1090. The van der Waals surface area contributed by atoms with Crippen LogP contribution < -0.4 is 0 Å². The van der Waals surface area contributed by atoms with Crippen LogP contribution >= 0.6 is 0 Å². The molecule has 0 bridgehead atoms. The van der Waals surface area contributed by atoms with Gasteiger partial charge in [0.15, 0.2) is 10.7 Å².